The topological polar surface area (TPSA) is 148 Å². The minimum absolute atomic E-state index is 0.0900. The maximum atomic E-state index is 13.9. The number of nitrogens with one attached hydrogen (secondary N) is 2. The number of rotatable bonds is 15. The lowest BCUT2D eigenvalue weighted by Crippen LogP contribution is -2.59. The van der Waals surface area contributed by atoms with Gasteiger partial charge in [-0.05, 0) is 86.1 Å². The van der Waals surface area contributed by atoms with Gasteiger partial charge in [0.1, 0.15) is 18.1 Å². The summed E-state index contributed by atoms with van der Waals surface area (Å²) in [5.41, 5.74) is 0.659. The molecule has 4 rings (SSSR count). The molecule has 2 heterocycles. The smallest absolute Gasteiger partial charge is 0.329 e. The predicted octanol–water partition coefficient (Wildman–Crippen LogP) is 3.64. The third-order valence-electron chi connectivity index (χ3n) is 9.80. The van der Waals surface area contributed by atoms with Crippen LogP contribution in [0.4, 0.5) is 0 Å². The summed E-state index contributed by atoms with van der Waals surface area (Å²) < 4.78 is 7.20. The Balaban J connectivity index is 1.33. The fourth-order valence-corrected chi connectivity index (χ4v) is 7.11. The predicted molar refractivity (Wildman–Crippen MR) is 177 cm³/mol. The summed E-state index contributed by atoms with van der Waals surface area (Å²) in [6.07, 6.45) is 5.04. The molecule has 258 valence electrons. The molecule has 1 saturated carbocycles. The van der Waals surface area contributed by atoms with Crippen LogP contribution in [0.3, 0.4) is 0 Å². The van der Waals surface area contributed by atoms with E-state index in [9.17, 15) is 19.2 Å². The molecule has 12 heteroatoms. The number of carbonyl (C=O) groups excluding carboxylic acids is 4. The summed E-state index contributed by atoms with van der Waals surface area (Å²) in [5.74, 6) is -0.600. The van der Waals surface area contributed by atoms with E-state index >= 15 is 0 Å². The van der Waals surface area contributed by atoms with E-state index in [4.69, 9.17) is 4.74 Å². The van der Waals surface area contributed by atoms with Crippen LogP contribution in [-0.4, -0.2) is 80.1 Å². The monoisotopic (exact) mass is 651 g/mol. The molecule has 5 atom stereocenters. The van der Waals surface area contributed by atoms with Crippen LogP contribution in [0.2, 0.25) is 0 Å². The molecule has 0 bridgehead atoms. The standard InChI is InChI=1S/C35H53N7O5/c1-8-47-34(46)31-26-18-14-15-24(26)21-41(31)33(45)30(23(4)5)37-32(44)29(22(2)3)36-28(43)20-13-12-19-27-38-39-40-42(27)35(6,7)25-16-10-9-11-17-25/h9-11,16-17,22-24,26,29-31H,8,12-15,18-21H2,1-7H3,(H,36,43)(H,37,44)/t24-,26-,29-,30-,31?/m0/s1. The van der Waals surface area contributed by atoms with Crippen molar-refractivity contribution in [1.29, 1.82) is 0 Å². The molecule has 1 aromatic carbocycles. The zero-order valence-corrected chi connectivity index (χ0v) is 29.1. The van der Waals surface area contributed by atoms with Gasteiger partial charge in [0.25, 0.3) is 0 Å². The van der Waals surface area contributed by atoms with E-state index < -0.39 is 29.6 Å². The molecule has 47 heavy (non-hydrogen) atoms. The Morgan fingerprint density at radius 3 is 2.34 bits per heavy atom. The summed E-state index contributed by atoms with van der Waals surface area (Å²) in [5, 5.41) is 18.2. The summed E-state index contributed by atoms with van der Waals surface area (Å²) in [4.78, 5) is 55.1. The third-order valence-corrected chi connectivity index (χ3v) is 9.80. The molecule has 2 aromatic rings. The molecule has 2 N–H and O–H groups in total. The number of esters is 1. The summed E-state index contributed by atoms with van der Waals surface area (Å²) in [7, 11) is 0. The molecular formula is C35H53N7O5. The van der Waals surface area contributed by atoms with Crippen LogP contribution in [0.25, 0.3) is 0 Å². The van der Waals surface area contributed by atoms with Crippen molar-refractivity contribution in [2.45, 2.75) is 117 Å². The Bertz CT molecular complexity index is 1380. The second kappa shape index (κ2) is 15.8. The number of hydrogen-bond donors (Lipinski definition) is 2. The van der Waals surface area contributed by atoms with E-state index in [-0.39, 0.29) is 54.5 Å². The van der Waals surface area contributed by atoms with E-state index in [0.29, 0.717) is 25.8 Å². The van der Waals surface area contributed by atoms with E-state index in [1.807, 2.05) is 62.7 Å². The normalized spacial score (nSPS) is 20.6. The largest absolute Gasteiger partial charge is 0.464 e. The maximum absolute atomic E-state index is 13.9. The molecule has 3 amide bonds. The van der Waals surface area contributed by atoms with Crippen molar-refractivity contribution in [3.8, 4) is 0 Å². The lowest BCUT2D eigenvalue weighted by atomic mass is 9.94. The lowest BCUT2D eigenvalue weighted by Gasteiger charge is -2.33. The molecule has 0 spiro atoms. The van der Waals surface area contributed by atoms with Crippen molar-refractivity contribution < 1.29 is 23.9 Å². The fourth-order valence-electron chi connectivity index (χ4n) is 7.11. The Morgan fingerprint density at radius 1 is 0.979 bits per heavy atom. The van der Waals surface area contributed by atoms with Gasteiger partial charge in [0.2, 0.25) is 17.7 Å². The van der Waals surface area contributed by atoms with E-state index in [0.717, 1.165) is 30.7 Å². The number of aryl methyl sites for hydroxylation is 1. The van der Waals surface area contributed by atoms with Gasteiger partial charge in [0.15, 0.2) is 5.82 Å². The number of hydrogen-bond acceptors (Lipinski definition) is 8. The Labute approximate surface area is 278 Å². The summed E-state index contributed by atoms with van der Waals surface area (Å²) in [6.45, 7) is 14.1. The Morgan fingerprint density at radius 2 is 1.68 bits per heavy atom. The number of tetrazole rings is 1. The molecule has 2 fully saturated rings. The zero-order valence-electron chi connectivity index (χ0n) is 29.1. The first-order valence-electron chi connectivity index (χ1n) is 17.3. The van der Waals surface area contributed by atoms with Gasteiger partial charge in [-0.25, -0.2) is 9.48 Å². The van der Waals surface area contributed by atoms with Gasteiger partial charge in [-0.2, -0.15) is 0 Å². The molecule has 2 aliphatic rings. The van der Waals surface area contributed by atoms with Gasteiger partial charge in [0.05, 0.1) is 12.1 Å². The van der Waals surface area contributed by atoms with Crippen molar-refractivity contribution >= 4 is 23.7 Å². The average Bonchev–Trinajstić information content (AvgIpc) is 3.77. The van der Waals surface area contributed by atoms with Gasteiger partial charge in [0, 0.05) is 19.4 Å². The number of aromatic nitrogens is 4. The summed E-state index contributed by atoms with van der Waals surface area (Å²) >= 11 is 0. The van der Waals surface area contributed by atoms with E-state index in [1.54, 1.807) is 11.8 Å². The maximum Gasteiger partial charge on any atom is 0.329 e. The molecule has 1 saturated heterocycles. The zero-order chi connectivity index (χ0) is 34.3. The quantitative estimate of drug-likeness (QED) is 0.219. The minimum Gasteiger partial charge on any atom is -0.464 e. The van der Waals surface area contributed by atoms with Crippen LogP contribution in [0.15, 0.2) is 30.3 Å². The number of benzene rings is 1. The lowest BCUT2D eigenvalue weighted by molar-refractivity contribution is -0.155. The Hall–Kier alpha value is -3.83. The molecule has 1 aliphatic heterocycles. The molecule has 1 aromatic heterocycles. The van der Waals surface area contributed by atoms with Crippen molar-refractivity contribution in [3.05, 3.63) is 41.7 Å². The number of nitrogens with zero attached hydrogens (tertiary/aromatic N) is 5. The van der Waals surface area contributed by atoms with Gasteiger partial charge >= 0.3 is 5.97 Å². The van der Waals surface area contributed by atoms with Gasteiger partial charge in [-0.1, -0.05) is 64.4 Å². The molecule has 0 radical (unpaired) electrons. The first kappa shape index (κ1) is 36.0. The molecular weight excluding hydrogens is 598 g/mol. The highest BCUT2D eigenvalue weighted by atomic mass is 16.5. The van der Waals surface area contributed by atoms with Crippen molar-refractivity contribution in [2.75, 3.05) is 13.2 Å². The fraction of sp³-hybridized carbons (Fsp3) is 0.686. The minimum atomic E-state index is -0.831. The first-order valence-corrected chi connectivity index (χ1v) is 17.3. The first-order chi connectivity index (χ1) is 22.4. The van der Waals surface area contributed by atoms with Crippen LogP contribution < -0.4 is 10.6 Å². The van der Waals surface area contributed by atoms with Gasteiger partial charge in [-0.3, -0.25) is 14.4 Å². The van der Waals surface area contributed by atoms with Crippen molar-refractivity contribution in [1.82, 2.24) is 35.7 Å². The van der Waals surface area contributed by atoms with Gasteiger partial charge in [-0.15, -0.1) is 5.10 Å². The van der Waals surface area contributed by atoms with E-state index in [1.165, 1.54) is 0 Å². The molecule has 12 nitrogen and oxygen atoms in total. The third kappa shape index (κ3) is 8.37. The van der Waals surface area contributed by atoms with Gasteiger partial charge < -0.3 is 20.3 Å². The number of fused-ring (bicyclic) bond motifs is 1. The number of ether oxygens (including phenoxy) is 1. The average molecular weight is 652 g/mol. The second-order valence-corrected chi connectivity index (χ2v) is 14.2. The van der Waals surface area contributed by atoms with Crippen LogP contribution in [0.5, 0.6) is 0 Å². The number of amides is 3. The highest BCUT2D eigenvalue weighted by Gasteiger charge is 2.51. The SMILES string of the molecule is CCOC(=O)C1[C@H]2CCC[C@H]2CN1C(=O)[C@@H](NC(=O)[C@@H](NC(=O)CCCCc1nnnn1C(C)(C)c1ccccc1)C(C)C)C(C)C. The van der Waals surface area contributed by atoms with Crippen LogP contribution in [0, 0.1) is 23.7 Å². The molecule has 1 unspecified atom stereocenters. The highest BCUT2D eigenvalue weighted by molar-refractivity contribution is 5.94. The highest BCUT2D eigenvalue weighted by Crippen LogP contribution is 2.43. The number of carbonyl (C=O) groups is 4. The van der Waals surface area contributed by atoms with E-state index in [2.05, 4.69) is 40.0 Å². The van der Waals surface area contributed by atoms with Crippen molar-refractivity contribution in [2.24, 2.45) is 23.7 Å². The second-order valence-electron chi connectivity index (χ2n) is 14.2. The van der Waals surface area contributed by atoms with Crippen LogP contribution in [-0.2, 0) is 35.9 Å². The summed E-state index contributed by atoms with van der Waals surface area (Å²) in [6, 6.07) is 7.79. The van der Waals surface area contributed by atoms with Crippen LogP contribution >= 0.6 is 0 Å². The number of unbranched alkanes of at least 4 members (excludes halogenated alkanes) is 1. The number of likely N-dealkylation sites (tertiary alicyclic amines) is 1. The van der Waals surface area contributed by atoms with Crippen LogP contribution in [0.1, 0.15) is 98.4 Å². The van der Waals surface area contributed by atoms with Crippen molar-refractivity contribution in [3.63, 3.8) is 0 Å². The molecule has 1 aliphatic carbocycles. The Kier molecular flexibility index (Phi) is 12.1.